The SMILES string of the molecule is O=C(Nc1ccc2oc(=O)[nH]c2c1)C(=O)N1CCC(Cc2ccccc2)CC1. The minimum absolute atomic E-state index is 0.398. The van der Waals surface area contributed by atoms with Crippen molar-refractivity contribution in [3.05, 3.63) is 64.6 Å². The number of anilines is 1. The van der Waals surface area contributed by atoms with Crippen LogP contribution in [0.2, 0.25) is 0 Å². The molecule has 7 heteroatoms. The predicted molar refractivity (Wildman–Crippen MR) is 105 cm³/mol. The fourth-order valence-corrected chi connectivity index (χ4v) is 3.65. The van der Waals surface area contributed by atoms with E-state index in [-0.39, 0.29) is 0 Å². The van der Waals surface area contributed by atoms with Gasteiger partial charge in [0.05, 0.1) is 5.52 Å². The second-order valence-electron chi connectivity index (χ2n) is 7.10. The van der Waals surface area contributed by atoms with E-state index in [0.29, 0.717) is 35.8 Å². The summed E-state index contributed by atoms with van der Waals surface area (Å²) in [6, 6.07) is 15.1. The Hall–Kier alpha value is -3.35. The topological polar surface area (TPSA) is 95.4 Å². The fourth-order valence-electron chi connectivity index (χ4n) is 3.65. The zero-order valence-corrected chi connectivity index (χ0v) is 15.3. The van der Waals surface area contributed by atoms with Gasteiger partial charge in [-0.1, -0.05) is 30.3 Å². The standard InChI is InChI=1S/C21H21N3O4/c25-19(22-16-6-7-18-17(13-16)23-21(27)28-18)20(26)24-10-8-15(9-11-24)12-14-4-2-1-3-5-14/h1-7,13,15H,8-12H2,(H,22,25)(H,23,27). The average Bonchev–Trinajstić information content (AvgIpc) is 3.08. The van der Waals surface area contributed by atoms with Crippen LogP contribution in [0, 0.1) is 5.92 Å². The molecule has 1 saturated heterocycles. The van der Waals surface area contributed by atoms with Crippen molar-refractivity contribution in [1.82, 2.24) is 9.88 Å². The highest BCUT2D eigenvalue weighted by Gasteiger charge is 2.27. The highest BCUT2D eigenvalue weighted by atomic mass is 16.4. The Labute approximate surface area is 161 Å². The van der Waals surface area contributed by atoms with E-state index < -0.39 is 17.6 Å². The highest BCUT2D eigenvalue weighted by molar-refractivity contribution is 6.39. The third-order valence-corrected chi connectivity index (χ3v) is 5.14. The summed E-state index contributed by atoms with van der Waals surface area (Å²) in [5, 5.41) is 2.60. The van der Waals surface area contributed by atoms with E-state index in [2.05, 4.69) is 22.4 Å². The zero-order chi connectivity index (χ0) is 19.5. The van der Waals surface area contributed by atoms with Crippen LogP contribution in [0.25, 0.3) is 11.1 Å². The molecule has 2 aromatic carbocycles. The van der Waals surface area contributed by atoms with Crippen LogP contribution >= 0.6 is 0 Å². The molecule has 3 aromatic rings. The lowest BCUT2D eigenvalue weighted by Gasteiger charge is -2.31. The quantitative estimate of drug-likeness (QED) is 0.684. The van der Waals surface area contributed by atoms with Crippen LogP contribution in [0.15, 0.2) is 57.7 Å². The monoisotopic (exact) mass is 379 g/mol. The van der Waals surface area contributed by atoms with Crippen molar-refractivity contribution in [2.24, 2.45) is 5.92 Å². The first-order valence-electron chi connectivity index (χ1n) is 9.35. The van der Waals surface area contributed by atoms with Gasteiger partial charge in [0.2, 0.25) is 0 Å². The van der Waals surface area contributed by atoms with E-state index in [9.17, 15) is 14.4 Å². The molecule has 2 N–H and O–H groups in total. The molecule has 0 aliphatic carbocycles. The number of hydrogen-bond donors (Lipinski definition) is 2. The largest absolute Gasteiger partial charge is 0.417 e. The van der Waals surface area contributed by atoms with Gasteiger partial charge >= 0.3 is 17.6 Å². The van der Waals surface area contributed by atoms with Gasteiger partial charge in [0, 0.05) is 18.8 Å². The maximum atomic E-state index is 12.5. The third-order valence-electron chi connectivity index (χ3n) is 5.14. The van der Waals surface area contributed by atoms with Crippen molar-refractivity contribution in [1.29, 1.82) is 0 Å². The molecule has 0 saturated carbocycles. The summed E-state index contributed by atoms with van der Waals surface area (Å²) < 4.78 is 4.92. The van der Waals surface area contributed by atoms with E-state index >= 15 is 0 Å². The Kier molecular flexibility index (Phi) is 4.97. The number of piperidine rings is 1. The van der Waals surface area contributed by atoms with Crippen molar-refractivity contribution < 1.29 is 14.0 Å². The number of rotatable bonds is 3. The number of fused-ring (bicyclic) bond motifs is 1. The molecule has 0 atom stereocenters. The molecular weight excluding hydrogens is 358 g/mol. The van der Waals surface area contributed by atoms with Crippen LogP contribution in [-0.4, -0.2) is 34.8 Å². The second kappa shape index (κ2) is 7.72. The maximum absolute atomic E-state index is 12.5. The summed E-state index contributed by atoms with van der Waals surface area (Å²) in [6.07, 6.45) is 2.77. The van der Waals surface area contributed by atoms with Gasteiger partial charge in [-0.05, 0) is 48.9 Å². The third kappa shape index (κ3) is 3.98. The van der Waals surface area contributed by atoms with E-state index in [1.165, 1.54) is 5.56 Å². The summed E-state index contributed by atoms with van der Waals surface area (Å²) in [5.74, 6) is -1.24. The minimum atomic E-state index is -0.674. The van der Waals surface area contributed by atoms with Gasteiger partial charge in [-0.3, -0.25) is 14.6 Å². The number of benzene rings is 2. The number of H-pyrrole nitrogens is 1. The van der Waals surface area contributed by atoms with Crippen LogP contribution < -0.4 is 11.1 Å². The molecule has 1 aliphatic heterocycles. The Morgan fingerprint density at radius 1 is 1.11 bits per heavy atom. The number of oxazole rings is 1. The molecular formula is C21H21N3O4. The van der Waals surface area contributed by atoms with Crippen LogP contribution in [0.5, 0.6) is 0 Å². The normalized spacial score (nSPS) is 14.9. The number of amides is 2. The van der Waals surface area contributed by atoms with E-state index in [4.69, 9.17) is 4.42 Å². The number of nitrogens with one attached hydrogen (secondary N) is 2. The summed E-state index contributed by atoms with van der Waals surface area (Å²) in [5.41, 5.74) is 2.60. The summed E-state index contributed by atoms with van der Waals surface area (Å²) in [6.45, 7) is 1.16. The Morgan fingerprint density at radius 3 is 2.61 bits per heavy atom. The molecule has 0 spiro atoms. The lowest BCUT2D eigenvalue weighted by molar-refractivity contribution is -0.144. The van der Waals surface area contributed by atoms with Gasteiger partial charge < -0.3 is 14.6 Å². The molecule has 1 aliphatic rings. The molecule has 1 aromatic heterocycles. The van der Waals surface area contributed by atoms with Crippen LogP contribution in [0.4, 0.5) is 5.69 Å². The van der Waals surface area contributed by atoms with Crippen molar-refractivity contribution in [2.45, 2.75) is 19.3 Å². The number of aromatic amines is 1. The van der Waals surface area contributed by atoms with Crippen molar-refractivity contribution >= 4 is 28.6 Å². The average molecular weight is 379 g/mol. The van der Waals surface area contributed by atoms with Gasteiger partial charge in [0.25, 0.3) is 0 Å². The molecule has 0 unspecified atom stereocenters. The number of carbonyl (C=O) groups is 2. The van der Waals surface area contributed by atoms with Gasteiger partial charge in [0.1, 0.15) is 0 Å². The smallest absolute Gasteiger partial charge is 0.408 e. The summed E-state index contributed by atoms with van der Waals surface area (Å²) in [7, 11) is 0. The Bertz CT molecular complexity index is 1050. The molecule has 1 fully saturated rings. The first-order chi connectivity index (χ1) is 13.6. The number of likely N-dealkylation sites (tertiary alicyclic amines) is 1. The molecule has 0 radical (unpaired) electrons. The molecule has 4 rings (SSSR count). The van der Waals surface area contributed by atoms with Crippen LogP contribution in [-0.2, 0) is 16.0 Å². The van der Waals surface area contributed by atoms with Crippen molar-refractivity contribution in [3.63, 3.8) is 0 Å². The predicted octanol–water partition coefficient (Wildman–Crippen LogP) is 2.54. The van der Waals surface area contributed by atoms with Crippen LogP contribution in [0.1, 0.15) is 18.4 Å². The van der Waals surface area contributed by atoms with Gasteiger partial charge in [-0.15, -0.1) is 0 Å². The number of nitrogens with zero attached hydrogens (tertiary/aromatic N) is 1. The lowest BCUT2D eigenvalue weighted by Crippen LogP contribution is -2.44. The molecule has 2 heterocycles. The summed E-state index contributed by atoms with van der Waals surface area (Å²) >= 11 is 0. The Morgan fingerprint density at radius 2 is 1.86 bits per heavy atom. The van der Waals surface area contributed by atoms with Crippen molar-refractivity contribution in [2.75, 3.05) is 18.4 Å². The summed E-state index contributed by atoms with van der Waals surface area (Å²) in [4.78, 5) is 40.1. The molecule has 2 amide bonds. The van der Waals surface area contributed by atoms with Gasteiger partial charge in [-0.2, -0.15) is 0 Å². The fraction of sp³-hybridized carbons (Fsp3) is 0.286. The molecule has 7 nitrogen and oxygen atoms in total. The number of hydrogen-bond acceptors (Lipinski definition) is 4. The highest BCUT2D eigenvalue weighted by Crippen LogP contribution is 2.22. The van der Waals surface area contributed by atoms with E-state index in [0.717, 1.165) is 19.3 Å². The molecule has 0 bridgehead atoms. The van der Waals surface area contributed by atoms with Gasteiger partial charge in [0.15, 0.2) is 5.58 Å². The first kappa shape index (κ1) is 18.0. The Balaban J connectivity index is 1.32. The first-order valence-corrected chi connectivity index (χ1v) is 9.35. The van der Waals surface area contributed by atoms with E-state index in [1.54, 1.807) is 23.1 Å². The zero-order valence-electron chi connectivity index (χ0n) is 15.3. The van der Waals surface area contributed by atoms with Crippen LogP contribution in [0.3, 0.4) is 0 Å². The maximum Gasteiger partial charge on any atom is 0.417 e. The lowest BCUT2D eigenvalue weighted by atomic mass is 9.90. The minimum Gasteiger partial charge on any atom is -0.408 e. The number of carbonyl (C=O) groups excluding carboxylic acids is 2. The molecule has 28 heavy (non-hydrogen) atoms. The van der Waals surface area contributed by atoms with E-state index in [1.807, 2.05) is 18.2 Å². The van der Waals surface area contributed by atoms with Gasteiger partial charge in [-0.25, -0.2) is 4.79 Å². The molecule has 144 valence electrons. The second-order valence-corrected chi connectivity index (χ2v) is 7.10. The number of aromatic nitrogens is 1. The van der Waals surface area contributed by atoms with Crippen molar-refractivity contribution in [3.8, 4) is 0 Å².